The molecule has 6 heteroatoms. The summed E-state index contributed by atoms with van der Waals surface area (Å²) in [6.07, 6.45) is 77.5. The van der Waals surface area contributed by atoms with E-state index < -0.39 is 6.10 Å². The molecule has 0 aliphatic rings. The van der Waals surface area contributed by atoms with Gasteiger partial charge in [-0.05, 0) is 128 Å². The third-order valence-electron chi connectivity index (χ3n) is 11.4. The number of carbonyl (C=O) groups excluding carboxylic acids is 3. The van der Waals surface area contributed by atoms with Gasteiger partial charge in [0.25, 0.3) is 0 Å². The maximum atomic E-state index is 12.8. The van der Waals surface area contributed by atoms with E-state index in [-0.39, 0.29) is 37.5 Å². The lowest BCUT2D eigenvalue weighted by atomic mass is 10.1. The number of carbonyl (C=O) groups is 3. The summed E-state index contributed by atoms with van der Waals surface area (Å²) in [5.74, 6) is -0.957. The van der Waals surface area contributed by atoms with Gasteiger partial charge in [0.05, 0.1) is 0 Å². The molecule has 0 rings (SSSR count). The Morgan fingerprint density at radius 2 is 0.565 bits per heavy atom. The summed E-state index contributed by atoms with van der Waals surface area (Å²) in [6, 6.07) is 0. The van der Waals surface area contributed by atoms with Crippen molar-refractivity contribution in [2.24, 2.45) is 0 Å². The lowest BCUT2D eigenvalue weighted by Crippen LogP contribution is -2.30. The number of ether oxygens (including phenoxy) is 3. The average molecular weight is 956 g/mol. The quantitative estimate of drug-likeness (QED) is 0.0262. The van der Waals surface area contributed by atoms with E-state index in [0.29, 0.717) is 12.8 Å². The van der Waals surface area contributed by atoms with E-state index in [1.165, 1.54) is 38.5 Å². The zero-order valence-electron chi connectivity index (χ0n) is 44.5. The lowest BCUT2D eigenvalue weighted by Gasteiger charge is -2.18. The van der Waals surface area contributed by atoms with Gasteiger partial charge >= 0.3 is 17.9 Å². The highest BCUT2D eigenvalue weighted by molar-refractivity contribution is 5.71. The third-order valence-corrected chi connectivity index (χ3v) is 11.4. The van der Waals surface area contributed by atoms with Gasteiger partial charge in [0.1, 0.15) is 13.2 Å². The molecule has 0 fully saturated rings. The van der Waals surface area contributed by atoms with E-state index in [2.05, 4.69) is 142 Å². The highest BCUT2D eigenvalue weighted by atomic mass is 16.6. The molecule has 0 aromatic heterocycles. The molecular formula is C63H102O6. The summed E-state index contributed by atoms with van der Waals surface area (Å²) < 4.78 is 16.8. The molecule has 69 heavy (non-hydrogen) atoms. The molecule has 0 aromatic rings. The van der Waals surface area contributed by atoms with Gasteiger partial charge in [0, 0.05) is 19.3 Å². The molecule has 0 bridgehead atoms. The van der Waals surface area contributed by atoms with E-state index in [9.17, 15) is 14.4 Å². The van der Waals surface area contributed by atoms with E-state index in [1.807, 2.05) is 0 Å². The first kappa shape index (κ1) is 64.8. The van der Waals surface area contributed by atoms with Gasteiger partial charge in [-0.3, -0.25) is 14.4 Å². The molecule has 0 amide bonds. The molecule has 390 valence electrons. The maximum Gasteiger partial charge on any atom is 0.306 e. The first-order valence-corrected chi connectivity index (χ1v) is 28.0. The van der Waals surface area contributed by atoms with Gasteiger partial charge in [-0.25, -0.2) is 0 Å². The molecule has 1 unspecified atom stereocenters. The van der Waals surface area contributed by atoms with Gasteiger partial charge < -0.3 is 14.2 Å². The Bertz CT molecular complexity index is 1470. The SMILES string of the molecule is CC/C=C\C/C=C\C/C=C\C/C=C\CCCCCCCCC(=O)OCC(COC(=O)CCCCCCC/C=C\C/C=C\CCCCC)OC(=O)CCCCCC/C=C\C/C=C\C/C=C\C/C=C\CC. The second kappa shape index (κ2) is 56.4. The van der Waals surface area contributed by atoms with Crippen LogP contribution in [0.15, 0.2) is 122 Å². The average Bonchev–Trinajstić information content (AvgIpc) is 3.35. The molecule has 1 atom stereocenters. The van der Waals surface area contributed by atoms with Crippen LogP contribution in [0.4, 0.5) is 0 Å². The number of rotatable bonds is 49. The van der Waals surface area contributed by atoms with Crippen molar-refractivity contribution in [3.05, 3.63) is 122 Å². The number of esters is 3. The molecule has 0 saturated carbocycles. The van der Waals surface area contributed by atoms with Crippen LogP contribution in [0.5, 0.6) is 0 Å². The summed E-state index contributed by atoms with van der Waals surface area (Å²) in [4.78, 5) is 38.2. The first-order chi connectivity index (χ1) is 34.0. The monoisotopic (exact) mass is 955 g/mol. The molecule has 0 heterocycles. The molecule has 0 N–H and O–H groups in total. The van der Waals surface area contributed by atoms with Crippen molar-refractivity contribution in [2.75, 3.05) is 13.2 Å². The van der Waals surface area contributed by atoms with E-state index in [0.717, 1.165) is 161 Å². The third kappa shape index (κ3) is 54.6. The topological polar surface area (TPSA) is 78.9 Å². The molecule has 0 saturated heterocycles. The van der Waals surface area contributed by atoms with Gasteiger partial charge in [-0.2, -0.15) is 0 Å². The normalized spacial score (nSPS) is 13.0. The summed E-state index contributed by atoms with van der Waals surface area (Å²) in [6.45, 7) is 6.34. The smallest absolute Gasteiger partial charge is 0.306 e. The predicted octanol–water partition coefficient (Wildman–Crippen LogP) is 18.9. The van der Waals surface area contributed by atoms with Crippen molar-refractivity contribution in [1.29, 1.82) is 0 Å². The fraction of sp³-hybridized carbons (Fsp3) is 0.635. The van der Waals surface area contributed by atoms with Crippen molar-refractivity contribution < 1.29 is 28.6 Å². The van der Waals surface area contributed by atoms with Gasteiger partial charge in [-0.1, -0.05) is 213 Å². The second-order valence-corrected chi connectivity index (χ2v) is 18.1. The van der Waals surface area contributed by atoms with Crippen molar-refractivity contribution in [1.82, 2.24) is 0 Å². The number of allylic oxidation sites excluding steroid dienone is 20. The summed E-state index contributed by atoms with van der Waals surface area (Å²) in [5, 5.41) is 0. The van der Waals surface area contributed by atoms with Crippen LogP contribution in [0.25, 0.3) is 0 Å². The zero-order chi connectivity index (χ0) is 50.0. The van der Waals surface area contributed by atoms with Gasteiger partial charge in [0.15, 0.2) is 6.10 Å². The summed E-state index contributed by atoms with van der Waals surface area (Å²) >= 11 is 0. The molecule has 0 spiro atoms. The Hall–Kier alpha value is -4.19. The van der Waals surface area contributed by atoms with Crippen molar-refractivity contribution in [3.8, 4) is 0 Å². The van der Waals surface area contributed by atoms with Crippen LogP contribution >= 0.6 is 0 Å². The zero-order valence-corrected chi connectivity index (χ0v) is 44.5. The Balaban J connectivity index is 4.50. The van der Waals surface area contributed by atoms with E-state index in [1.54, 1.807) is 0 Å². The van der Waals surface area contributed by atoms with Crippen LogP contribution in [-0.4, -0.2) is 37.2 Å². The van der Waals surface area contributed by atoms with Crippen LogP contribution in [-0.2, 0) is 28.6 Å². The Morgan fingerprint density at radius 1 is 0.304 bits per heavy atom. The largest absolute Gasteiger partial charge is 0.462 e. The molecule has 0 aliphatic carbocycles. The first-order valence-electron chi connectivity index (χ1n) is 28.0. The molecule has 0 radical (unpaired) electrons. The van der Waals surface area contributed by atoms with Crippen LogP contribution in [0.1, 0.15) is 239 Å². The number of unbranched alkanes of at least 4 members (excludes halogenated alkanes) is 18. The standard InChI is InChI=1S/C63H102O6/c1-4-7-10-13-16-19-22-25-28-30-31-33-35-38-41-44-47-50-53-56-62(65)68-59-60(58-67-61(64)55-52-49-46-43-40-37-34-27-24-21-18-15-12-9-6-3)69-63(66)57-54-51-48-45-42-39-36-32-29-26-23-20-17-14-11-8-5-2/h7-8,10-11,16-21,25-29,31,33-34,36,39,60H,4-6,9,12-15,22-24,30,32,35,37-38,40-59H2,1-3H3/b10-7-,11-8-,19-16-,20-17-,21-18-,28-25-,29-26-,33-31-,34-27-,39-36-. The van der Waals surface area contributed by atoms with Crippen molar-refractivity contribution >= 4 is 17.9 Å². The Kier molecular flexibility index (Phi) is 53.0. The van der Waals surface area contributed by atoms with Crippen LogP contribution in [0.3, 0.4) is 0 Å². The fourth-order valence-electron chi connectivity index (χ4n) is 7.28. The van der Waals surface area contributed by atoms with Crippen molar-refractivity contribution in [3.63, 3.8) is 0 Å². The minimum atomic E-state index is -0.807. The number of hydrogen-bond acceptors (Lipinski definition) is 6. The van der Waals surface area contributed by atoms with Crippen LogP contribution in [0.2, 0.25) is 0 Å². The minimum Gasteiger partial charge on any atom is -0.462 e. The van der Waals surface area contributed by atoms with Gasteiger partial charge in [-0.15, -0.1) is 0 Å². The Morgan fingerprint density at radius 3 is 0.884 bits per heavy atom. The van der Waals surface area contributed by atoms with Crippen molar-refractivity contribution in [2.45, 2.75) is 245 Å². The van der Waals surface area contributed by atoms with E-state index >= 15 is 0 Å². The van der Waals surface area contributed by atoms with Crippen LogP contribution < -0.4 is 0 Å². The van der Waals surface area contributed by atoms with Crippen LogP contribution in [0, 0.1) is 0 Å². The van der Waals surface area contributed by atoms with E-state index in [4.69, 9.17) is 14.2 Å². The number of hydrogen-bond donors (Lipinski definition) is 0. The molecular weight excluding hydrogens is 853 g/mol. The molecule has 0 aliphatic heterocycles. The predicted molar refractivity (Wildman–Crippen MR) is 297 cm³/mol. The van der Waals surface area contributed by atoms with Gasteiger partial charge in [0.2, 0.25) is 0 Å². The molecule has 6 nitrogen and oxygen atoms in total. The lowest BCUT2D eigenvalue weighted by molar-refractivity contribution is -0.167. The highest BCUT2D eigenvalue weighted by Crippen LogP contribution is 2.13. The summed E-state index contributed by atoms with van der Waals surface area (Å²) in [7, 11) is 0. The maximum absolute atomic E-state index is 12.8. The summed E-state index contributed by atoms with van der Waals surface area (Å²) in [5.41, 5.74) is 0. The second-order valence-electron chi connectivity index (χ2n) is 18.1. The fourth-order valence-corrected chi connectivity index (χ4v) is 7.28. The Labute approximate surface area is 424 Å². The highest BCUT2D eigenvalue weighted by Gasteiger charge is 2.19. The minimum absolute atomic E-state index is 0.103. The molecule has 0 aromatic carbocycles.